The van der Waals surface area contributed by atoms with Crippen molar-refractivity contribution in [2.24, 2.45) is 0 Å². The van der Waals surface area contributed by atoms with Crippen LogP contribution in [0.2, 0.25) is 0 Å². The lowest BCUT2D eigenvalue weighted by Crippen LogP contribution is -2.52. The van der Waals surface area contributed by atoms with E-state index in [1.807, 2.05) is 26.8 Å². The van der Waals surface area contributed by atoms with Crippen molar-refractivity contribution in [3.63, 3.8) is 0 Å². The third-order valence-corrected chi connectivity index (χ3v) is 7.07. The molecule has 42 heavy (non-hydrogen) atoms. The number of aromatic nitrogens is 1. The molecule has 1 aromatic carbocycles. The van der Waals surface area contributed by atoms with Crippen LogP contribution < -0.4 is 24.8 Å². The van der Waals surface area contributed by atoms with E-state index in [1.165, 1.54) is 16.8 Å². The number of thiazole rings is 1. The molecular weight excluding hydrogens is 562 g/mol. The zero-order valence-electron chi connectivity index (χ0n) is 24.2. The van der Waals surface area contributed by atoms with Crippen molar-refractivity contribution >= 4 is 46.8 Å². The number of hydrogen-bond acceptors (Lipinski definition) is 10. The molecule has 224 valence electrons. The Kier molecular flexibility index (Phi) is 10.9. The molecule has 12 nitrogen and oxygen atoms in total. The van der Waals surface area contributed by atoms with Gasteiger partial charge in [-0.3, -0.25) is 14.2 Å². The van der Waals surface area contributed by atoms with Crippen LogP contribution in [-0.2, 0) is 25.6 Å². The molecule has 0 radical (unpaired) electrons. The lowest BCUT2D eigenvalue weighted by Gasteiger charge is -2.35. The zero-order chi connectivity index (χ0) is 30.9. The zero-order valence-corrected chi connectivity index (χ0v) is 25.0. The van der Waals surface area contributed by atoms with Gasteiger partial charge in [0.05, 0.1) is 0 Å². The Morgan fingerprint density at radius 1 is 1.17 bits per heavy atom. The number of nitrogens with zero attached hydrogens (tertiary/aromatic N) is 4. The molecule has 0 bridgehead atoms. The Balaban J connectivity index is 1.65. The molecule has 0 saturated carbocycles. The third kappa shape index (κ3) is 8.47. The van der Waals surface area contributed by atoms with Crippen LogP contribution in [0, 0.1) is 11.3 Å². The second-order valence-electron chi connectivity index (χ2n) is 10.1. The lowest BCUT2D eigenvalue weighted by molar-refractivity contribution is -0.136. The number of piperazine rings is 1. The summed E-state index contributed by atoms with van der Waals surface area (Å²) in [6.07, 6.45) is 2.48. The number of ether oxygens (including phenoxy) is 3. The largest absolute Gasteiger partial charge is 0.484 e. The molecule has 1 N–H and O–H groups in total. The molecule has 1 aliphatic heterocycles. The fourth-order valence-electron chi connectivity index (χ4n) is 3.91. The maximum Gasteiger partial charge on any atom is 0.410 e. The Hall–Kier alpha value is -4.57. The van der Waals surface area contributed by atoms with Crippen LogP contribution in [0.1, 0.15) is 27.7 Å². The number of esters is 1. The summed E-state index contributed by atoms with van der Waals surface area (Å²) < 4.78 is 17.9. The van der Waals surface area contributed by atoms with Crippen LogP contribution in [0.3, 0.4) is 0 Å². The summed E-state index contributed by atoms with van der Waals surface area (Å²) in [7, 11) is 0. The van der Waals surface area contributed by atoms with Gasteiger partial charge in [0.1, 0.15) is 33.2 Å². The molecule has 0 unspecified atom stereocenters. The standard InChI is InChI=1S/C29H35N5O7S/c1-6-15-39-27(37)22(17-30)26-34(7-2)25(36)23(42-26)18-31-20-9-8-10-21(16-20)40-19-24(35)32-11-13-33(14-12-32)28(38)41-29(3,4)5/h6,8-10,16,18,31H,1,7,11-15,19H2,2-5H3. The van der Waals surface area contributed by atoms with Crippen LogP contribution in [0.15, 0.2) is 41.7 Å². The molecule has 0 spiro atoms. The Morgan fingerprint density at radius 3 is 2.48 bits per heavy atom. The lowest BCUT2D eigenvalue weighted by atomic mass is 10.2. The van der Waals surface area contributed by atoms with Gasteiger partial charge in [0, 0.05) is 50.7 Å². The van der Waals surface area contributed by atoms with E-state index in [1.54, 1.807) is 41.0 Å². The number of carbonyl (C=O) groups is 3. The van der Waals surface area contributed by atoms with E-state index in [-0.39, 0.29) is 46.0 Å². The molecule has 3 rings (SSSR count). The molecule has 0 atom stereocenters. The van der Waals surface area contributed by atoms with E-state index >= 15 is 0 Å². The summed E-state index contributed by atoms with van der Waals surface area (Å²) in [5.41, 5.74) is -0.606. The molecule has 2 aromatic rings. The molecule has 1 aromatic heterocycles. The van der Waals surface area contributed by atoms with Crippen molar-refractivity contribution in [1.82, 2.24) is 14.4 Å². The van der Waals surface area contributed by atoms with Gasteiger partial charge in [0.15, 0.2) is 12.2 Å². The van der Waals surface area contributed by atoms with Gasteiger partial charge in [-0.15, -0.1) is 11.3 Å². The highest BCUT2D eigenvalue weighted by atomic mass is 32.1. The van der Waals surface area contributed by atoms with Crippen molar-refractivity contribution in [3.8, 4) is 11.8 Å². The van der Waals surface area contributed by atoms with Crippen LogP contribution in [0.25, 0.3) is 11.8 Å². The van der Waals surface area contributed by atoms with Crippen molar-refractivity contribution in [3.05, 3.63) is 56.5 Å². The highest BCUT2D eigenvalue weighted by Gasteiger charge is 2.27. The van der Waals surface area contributed by atoms with E-state index < -0.39 is 17.7 Å². The number of rotatable bonds is 9. The topological polar surface area (TPSA) is 143 Å². The predicted octanol–water partition coefficient (Wildman–Crippen LogP) is 1.64. The average Bonchev–Trinajstić information content (AvgIpc) is 3.27. The van der Waals surface area contributed by atoms with E-state index in [0.29, 0.717) is 37.6 Å². The molecule has 1 fully saturated rings. The first-order valence-corrected chi connectivity index (χ1v) is 14.2. The molecule has 1 aliphatic rings. The fraction of sp³-hybridized carbons (Fsp3) is 0.414. The van der Waals surface area contributed by atoms with Gasteiger partial charge in [0.2, 0.25) is 0 Å². The molecular formula is C29H35N5O7S. The Morgan fingerprint density at radius 2 is 1.86 bits per heavy atom. The maximum atomic E-state index is 12.9. The summed E-state index contributed by atoms with van der Waals surface area (Å²) in [4.78, 5) is 53.4. The summed E-state index contributed by atoms with van der Waals surface area (Å²) >= 11 is 0.995. The molecule has 0 aliphatic carbocycles. The molecule has 1 saturated heterocycles. The molecule has 2 amide bonds. The van der Waals surface area contributed by atoms with Crippen molar-refractivity contribution < 1.29 is 28.6 Å². The normalized spacial score (nSPS) is 14.5. The summed E-state index contributed by atoms with van der Waals surface area (Å²) in [6, 6.07) is 8.71. The van der Waals surface area contributed by atoms with Gasteiger partial charge in [-0.25, -0.2) is 9.59 Å². The second-order valence-corrected chi connectivity index (χ2v) is 11.2. The maximum absolute atomic E-state index is 12.9. The van der Waals surface area contributed by atoms with E-state index in [2.05, 4.69) is 11.9 Å². The first kappa shape index (κ1) is 32.0. The summed E-state index contributed by atoms with van der Waals surface area (Å²) in [5.74, 6) is -0.590. The monoisotopic (exact) mass is 597 g/mol. The second kappa shape index (κ2) is 14.4. The highest BCUT2D eigenvalue weighted by molar-refractivity contribution is 7.07. The van der Waals surface area contributed by atoms with E-state index in [9.17, 15) is 24.4 Å². The molecule has 2 heterocycles. The van der Waals surface area contributed by atoms with Crippen molar-refractivity contribution in [2.45, 2.75) is 39.8 Å². The molecule has 13 heteroatoms. The number of carbonyl (C=O) groups excluding carboxylic acids is 3. The first-order valence-electron chi connectivity index (χ1n) is 13.3. The van der Waals surface area contributed by atoms with Crippen molar-refractivity contribution in [1.29, 1.82) is 5.26 Å². The third-order valence-electron chi connectivity index (χ3n) is 5.94. The Bertz CT molecular complexity index is 1540. The van der Waals surface area contributed by atoms with Crippen molar-refractivity contribution in [2.75, 3.05) is 44.7 Å². The van der Waals surface area contributed by atoms with E-state index in [0.717, 1.165) is 11.3 Å². The average molecular weight is 598 g/mol. The predicted molar refractivity (Wildman–Crippen MR) is 158 cm³/mol. The Labute approximate surface area is 247 Å². The van der Waals surface area contributed by atoms with Gasteiger partial charge in [-0.1, -0.05) is 18.7 Å². The number of amides is 2. The van der Waals surface area contributed by atoms with Gasteiger partial charge < -0.3 is 29.3 Å². The van der Waals surface area contributed by atoms with Gasteiger partial charge in [0.25, 0.3) is 11.5 Å². The number of nitrogens with one attached hydrogen (secondary N) is 1. The van der Waals surface area contributed by atoms with E-state index in [4.69, 9.17) is 14.2 Å². The van der Waals surface area contributed by atoms with Gasteiger partial charge in [-0.05, 0) is 39.8 Å². The van der Waals surface area contributed by atoms with Crippen LogP contribution in [0.5, 0.6) is 5.75 Å². The van der Waals surface area contributed by atoms with Gasteiger partial charge >= 0.3 is 12.1 Å². The van der Waals surface area contributed by atoms with Gasteiger partial charge in [-0.2, -0.15) is 5.26 Å². The summed E-state index contributed by atoms with van der Waals surface area (Å²) in [6.45, 7) is 12.2. The minimum Gasteiger partial charge on any atom is -0.484 e. The minimum absolute atomic E-state index is 0.0545. The van der Waals surface area contributed by atoms with Crippen LogP contribution in [-0.4, -0.2) is 77.3 Å². The first-order chi connectivity index (χ1) is 20.0. The summed E-state index contributed by atoms with van der Waals surface area (Å²) in [5, 5.41) is 12.6. The number of benzene rings is 1. The number of nitriles is 1. The minimum atomic E-state index is -0.829. The fourth-order valence-corrected chi connectivity index (χ4v) is 4.98. The van der Waals surface area contributed by atoms with Crippen LogP contribution >= 0.6 is 11.3 Å². The smallest absolute Gasteiger partial charge is 0.410 e. The quantitative estimate of drug-likeness (QED) is 0.337. The van der Waals surface area contributed by atoms with Crippen LogP contribution in [0.4, 0.5) is 10.5 Å². The SMILES string of the molecule is C=CCOC(=O)C(C#N)=c1sc(=CNc2cccc(OCC(=O)N3CCN(C(=O)OC(C)(C)C)CC3)c2)c(=O)n1CC. The highest BCUT2D eigenvalue weighted by Crippen LogP contribution is 2.18. The number of anilines is 1. The number of hydrogen-bond donors (Lipinski definition) is 1.